The van der Waals surface area contributed by atoms with Crippen molar-refractivity contribution in [1.29, 1.82) is 0 Å². The monoisotopic (exact) mass is 292 g/mol. The highest BCUT2D eigenvalue weighted by Gasteiger charge is 2.61. The molecule has 0 saturated carbocycles. The molecule has 0 aromatic heterocycles. The largest absolute Gasteiger partial charge is 0.507 e. The number of hydrogen-bond acceptors (Lipinski definition) is 10. The number of carbonyl (C=O) groups is 2. The molecule has 6 N–H and O–H groups in total. The summed E-state index contributed by atoms with van der Waals surface area (Å²) in [5.41, 5.74) is -2.48. The summed E-state index contributed by atoms with van der Waals surface area (Å²) in [5, 5.41) is 55.2. The van der Waals surface area contributed by atoms with Gasteiger partial charge in [0.2, 0.25) is 5.76 Å². The van der Waals surface area contributed by atoms with Gasteiger partial charge in [-0.15, -0.1) is 0 Å². The van der Waals surface area contributed by atoms with Crippen LogP contribution in [0.25, 0.3) is 0 Å². The lowest BCUT2D eigenvalue weighted by Gasteiger charge is -2.36. The van der Waals surface area contributed by atoms with Crippen molar-refractivity contribution in [2.75, 3.05) is 0 Å². The molecule has 0 aromatic rings. The van der Waals surface area contributed by atoms with Gasteiger partial charge in [0, 0.05) is 0 Å². The van der Waals surface area contributed by atoms with Crippen molar-refractivity contribution in [3.8, 4) is 0 Å². The number of carbonyl (C=O) groups excluding carboxylic acids is 2. The first-order chi connectivity index (χ1) is 9.29. The summed E-state index contributed by atoms with van der Waals surface area (Å²) < 4.78 is 0. The maximum atomic E-state index is 11.7. The quantitative estimate of drug-likeness (QED) is 0.321. The zero-order chi connectivity index (χ0) is 15.7. The van der Waals surface area contributed by atoms with Crippen molar-refractivity contribution in [3.05, 3.63) is 23.0 Å². The first kappa shape index (κ1) is 15.6. The summed E-state index contributed by atoms with van der Waals surface area (Å²) in [4.78, 5) is 30.0. The Bertz CT molecular complexity index is 504. The zero-order valence-corrected chi connectivity index (χ0v) is 10.1. The van der Waals surface area contributed by atoms with E-state index in [1.54, 1.807) is 0 Å². The molecule has 0 aliphatic heterocycles. The minimum atomic E-state index is -2.48. The Morgan fingerprint density at radius 1 is 1.10 bits per heavy atom. The zero-order valence-electron chi connectivity index (χ0n) is 10.1. The maximum Gasteiger partial charge on any atom is 0.357 e. The van der Waals surface area contributed by atoms with Crippen LogP contribution >= 0.6 is 0 Å². The van der Waals surface area contributed by atoms with Crippen LogP contribution in [0.1, 0.15) is 13.3 Å². The van der Waals surface area contributed by atoms with Gasteiger partial charge in [-0.1, -0.05) is 6.92 Å². The number of aliphatic hydroxyl groups is 4. The van der Waals surface area contributed by atoms with Crippen LogP contribution in [-0.4, -0.2) is 42.9 Å². The first-order valence-corrected chi connectivity index (χ1v) is 5.25. The summed E-state index contributed by atoms with van der Waals surface area (Å²) in [5.74, 6) is -10.4. The van der Waals surface area contributed by atoms with Crippen molar-refractivity contribution in [2.24, 2.45) is 11.3 Å². The lowest BCUT2D eigenvalue weighted by atomic mass is 9.67. The molecular weight excluding hydrogens is 280 g/mol. The van der Waals surface area contributed by atoms with Crippen LogP contribution in [0.5, 0.6) is 0 Å². The van der Waals surface area contributed by atoms with Crippen molar-refractivity contribution in [3.63, 3.8) is 0 Å². The third kappa shape index (κ3) is 1.82. The third-order valence-electron chi connectivity index (χ3n) is 3.21. The highest BCUT2D eigenvalue weighted by molar-refractivity contribution is 5.90. The normalized spacial score (nSPS) is 26.4. The predicted octanol–water partition coefficient (Wildman–Crippen LogP) is 0.700. The molecule has 0 saturated heterocycles. The van der Waals surface area contributed by atoms with Crippen molar-refractivity contribution in [2.45, 2.75) is 13.3 Å². The van der Waals surface area contributed by atoms with E-state index in [0.29, 0.717) is 0 Å². The fraction of sp³-hybridized carbons (Fsp3) is 0.400. The number of hydrogen-bond donors (Lipinski definition) is 6. The standard InChI is InChI=1S/C10H12O10/c1-2-10(9(16)20-18)3(8(15)19-17)4(11)5(12)6(13)7(10)14/h3,11-14,17-18H,2H2,1H3. The van der Waals surface area contributed by atoms with Crippen molar-refractivity contribution >= 4 is 11.9 Å². The Kier molecular flexibility index (Phi) is 4.11. The van der Waals surface area contributed by atoms with Gasteiger partial charge in [0.05, 0.1) is 0 Å². The maximum absolute atomic E-state index is 11.7. The van der Waals surface area contributed by atoms with E-state index in [2.05, 4.69) is 9.78 Å². The van der Waals surface area contributed by atoms with Crippen LogP contribution in [0.3, 0.4) is 0 Å². The molecule has 0 spiro atoms. The second kappa shape index (κ2) is 5.27. The molecule has 10 nitrogen and oxygen atoms in total. The molecule has 2 atom stereocenters. The highest BCUT2D eigenvalue weighted by Crippen LogP contribution is 2.48. The molecule has 10 heteroatoms. The average molecular weight is 292 g/mol. The third-order valence-corrected chi connectivity index (χ3v) is 3.21. The van der Waals surface area contributed by atoms with Crippen LogP contribution < -0.4 is 0 Å². The van der Waals surface area contributed by atoms with Gasteiger partial charge in [0.15, 0.2) is 22.7 Å². The highest BCUT2D eigenvalue weighted by atomic mass is 17.1. The number of rotatable bonds is 3. The smallest absolute Gasteiger partial charge is 0.357 e. The van der Waals surface area contributed by atoms with E-state index in [1.807, 2.05) is 0 Å². The second-order valence-electron chi connectivity index (χ2n) is 3.98. The molecule has 1 rings (SSSR count). The van der Waals surface area contributed by atoms with Gasteiger partial charge in [-0.3, -0.25) is 4.89 Å². The van der Waals surface area contributed by atoms with E-state index in [-0.39, 0.29) is 0 Å². The fourth-order valence-corrected chi connectivity index (χ4v) is 2.13. The topological polar surface area (TPSA) is 174 Å². The average Bonchev–Trinajstić information content (AvgIpc) is 2.47. The molecule has 0 radical (unpaired) electrons. The molecule has 0 fully saturated rings. The molecule has 112 valence electrons. The molecule has 20 heavy (non-hydrogen) atoms. The molecule has 1 aliphatic carbocycles. The Morgan fingerprint density at radius 2 is 1.65 bits per heavy atom. The molecule has 0 amide bonds. The van der Waals surface area contributed by atoms with E-state index in [0.717, 1.165) is 0 Å². The fourth-order valence-electron chi connectivity index (χ4n) is 2.13. The van der Waals surface area contributed by atoms with Gasteiger partial charge in [0.25, 0.3) is 0 Å². The van der Waals surface area contributed by atoms with Gasteiger partial charge < -0.3 is 25.3 Å². The molecule has 2 unspecified atom stereocenters. The summed E-state index contributed by atoms with van der Waals surface area (Å²) in [6.07, 6.45) is -0.459. The van der Waals surface area contributed by atoms with Crippen LogP contribution in [-0.2, 0) is 19.4 Å². The van der Waals surface area contributed by atoms with Gasteiger partial charge in [-0.2, -0.15) is 10.5 Å². The van der Waals surface area contributed by atoms with E-state index in [1.165, 1.54) is 6.92 Å². The predicted molar refractivity (Wildman–Crippen MR) is 58.2 cm³/mol. The molecule has 0 heterocycles. The Balaban J connectivity index is 3.67. The van der Waals surface area contributed by atoms with Gasteiger partial charge in [0.1, 0.15) is 5.92 Å². The van der Waals surface area contributed by atoms with Gasteiger partial charge >= 0.3 is 11.9 Å². The van der Waals surface area contributed by atoms with Crippen LogP contribution in [0.2, 0.25) is 0 Å². The lowest BCUT2D eigenvalue weighted by molar-refractivity contribution is -0.257. The van der Waals surface area contributed by atoms with Crippen molar-refractivity contribution < 1.29 is 50.3 Å². The second-order valence-corrected chi connectivity index (χ2v) is 3.98. The molecule has 0 aromatic carbocycles. The minimum Gasteiger partial charge on any atom is -0.507 e. The first-order valence-electron chi connectivity index (χ1n) is 5.25. The van der Waals surface area contributed by atoms with E-state index in [4.69, 9.17) is 10.5 Å². The Hall–Kier alpha value is -2.46. The van der Waals surface area contributed by atoms with Crippen LogP contribution in [0.15, 0.2) is 23.0 Å². The van der Waals surface area contributed by atoms with Gasteiger partial charge in [-0.05, 0) is 6.42 Å². The molecule has 0 bridgehead atoms. The molecule has 1 aliphatic rings. The van der Waals surface area contributed by atoms with E-state index >= 15 is 0 Å². The lowest BCUT2D eigenvalue weighted by Crippen LogP contribution is -2.48. The summed E-state index contributed by atoms with van der Waals surface area (Å²) in [6, 6.07) is 0. The minimum absolute atomic E-state index is 0.459. The van der Waals surface area contributed by atoms with Gasteiger partial charge in [-0.25, -0.2) is 9.59 Å². The van der Waals surface area contributed by atoms with Crippen LogP contribution in [0, 0.1) is 11.3 Å². The molecular formula is C10H12O10. The van der Waals surface area contributed by atoms with Crippen LogP contribution in [0.4, 0.5) is 0 Å². The summed E-state index contributed by atoms with van der Waals surface area (Å²) in [6.45, 7) is 1.24. The van der Waals surface area contributed by atoms with Crippen molar-refractivity contribution in [1.82, 2.24) is 0 Å². The van der Waals surface area contributed by atoms with E-state index in [9.17, 15) is 30.0 Å². The summed E-state index contributed by atoms with van der Waals surface area (Å²) >= 11 is 0. The summed E-state index contributed by atoms with van der Waals surface area (Å²) in [7, 11) is 0. The number of aliphatic hydroxyl groups excluding tert-OH is 4. The van der Waals surface area contributed by atoms with E-state index < -0.39 is 52.7 Å². The SMILES string of the molecule is CCC1(C(=O)OO)C(O)=C(O)C(O)=C(O)C1C(=O)OO. The Labute approximate surface area is 111 Å². The Morgan fingerprint density at radius 3 is 2.05 bits per heavy atom.